The fourth-order valence-corrected chi connectivity index (χ4v) is 2.71. The second-order valence-corrected chi connectivity index (χ2v) is 6.21. The zero-order valence-electron chi connectivity index (χ0n) is 14.7. The minimum absolute atomic E-state index is 0.0628. The second kappa shape index (κ2) is 8.87. The molecule has 8 heteroatoms. The summed E-state index contributed by atoms with van der Waals surface area (Å²) in [6, 6.07) is 5.65. The van der Waals surface area contributed by atoms with Crippen LogP contribution in [-0.4, -0.2) is 37.2 Å². The van der Waals surface area contributed by atoms with Crippen LogP contribution in [0.5, 0.6) is 11.5 Å². The summed E-state index contributed by atoms with van der Waals surface area (Å²) in [5, 5.41) is 7.31. The van der Waals surface area contributed by atoms with Gasteiger partial charge in [-0.2, -0.15) is 5.10 Å². The average molecular weight is 412 g/mol. The van der Waals surface area contributed by atoms with E-state index in [0.717, 1.165) is 5.56 Å². The van der Waals surface area contributed by atoms with Crippen molar-refractivity contribution < 1.29 is 14.2 Å². The lowest BCUT2D eigenvalue weighted by atomic mass is 10.1. The number of benzene rings is 1. The molecule has 0 bridgehead atoms. The summed E-state index contributed by atoms with van der Waals surface area (Å²) in [7, 11) is 4.83. The van der Waals surface area contributed by atoms with Crippen molar-refractivity contribution in [3.8, 4) is 11.5 Å². The van der Waals surface area contributed by atoms with Crippen LogP contribution in [0.15, 0.2) is 33.7 Å². The van der Waals surface area contributed by atoms with Gasteiger partial charge < -0.3 is 19.5 Å². The predicted molar refractivity (Wildman–Crippen MR) is 99.6 cm³/mol. The van der Waals surface area contributed by atoms with E-state index < -0.39 is 0 Å². The average Bonchev–Trinajstić information content (AvgIpc) is 2.62. The van der Waals surface area contributed by atoms with E-state index >= 15 is 0 Å². The van der Waals surface area contributed by atoms with Crippen molar-refractivity contribution in [2.24, 2.45) is 7.05 Å². The van der Waals surface area contributed by atoms with Crippen LogP contribution in [0, 0.1) is 0 Å². The molecule has 1 unspecified atom stereocenters. The summed E-state index contributed by atoms with van der Waals surface area (Å²) in [6.07, 6.45) is 1.61. The van der Waals surface area contributed by atoms with Crippen LogP contribution < -0.4 is 20.3 Å². The molecular formula is C17H22BrN3O4. The van der Waals surface area contributed by atoms with Gasteiger partial charge in [0.1, 0.15) is 11.1 Å². The highest BCUT2D eigenvalue weighted by molar-refractivity contribution is 9.10. The molecule has 0 fully saturated rings. The molecule has 136 valence electrons. The normalized spacial score (nSPS) is 11.9. The smallest absolute Gasteiger partial charge is 0.282 e. The fourth-order valence-electron chi connectivity index (χ4n) is 2.24. The largest absolute Gasteiger partial charge is 0.493 e. The van der Waals surface area contributed by atoms with E-state index in [1.165, 1.54) is 4.68 Å². The predicted octanol–water partition coefficient (Wildman–Crippen LogP) is 2.75. The maximum atomic E-state index is 11.9. The Labute approximate surface area is 155 Å². The van der Waals surface area contributed by atoms with E-state index in [9.17, 15) is 4.79 Å². The molecule has 1 N–H and O–H groups in total. The summed E-state index contributed by atoms with van der Waals surface area (Å²) in [4.78, 5) is 11.9. The number of hydrogen-bond donors (Lipinski definition) is 1. The van der Waals surface area contributed by atoms with Gasteiger partial charge in [0.2, 0.25) is 0 Å². The van der Waals surface area contributed by atoms with Crippen LogP contribution >= 0.6 is 15.9 Å². The standard InChI is InChI=1S/C17H22BrN3O4/c1-11(20-13-10-19-21(2)17(22)16(13)18)12-5-6-14(15(9-12)24-4)25-8-7-23-3/h5-6,9-11,20H,7-8H2,1-4H3. The first-order valence-corrected chi connectivity index (χ1v) is 8.55. The number of aromatic nitrogens is 2. The maximum Gasteiger partial charge on any atom is 0.282 e. The van der Waals surface area contributed by atoms with Gasteiger partial charge in [0, 0.05) is 20.2 Å². The molecule has 1 heterocycles. The maximum absolute atomic E-state index is 11.9. The third kappa shape index (κ3) is 4.73. The molecule has 0 aliphatic carbocycles. The van der Waals surface area contributed by atoms with Crippen LogP contribution in [0.1, 0.15) is 18.5 Å². The second-order valence-electron chi connectivity index (χ2n) is 5.42. The fraction of sp³-hybridized carbons (Fsp3) is 0.412. The van der Waals surface area contributed by atoms with Gasteiger partial charge in [-0.1, -0.05) is 6.07 Å². The van der Waals surface area contributed by atoms with Crippen LogP contribution in [0.3, 0.4) is 0 Å². The first kappa shape index (κ1) is 19.3. The van der Waals surface area contributed by atoms with Gasteiger partial charge >= 0.3 is 0 Å². The van der Waals surface area contributed by atoms with E-state index in [1.807, 2.05) is 25.1 Å². The molecule has 0 radical (unpaired) electrons. The number of nitrogens with one attached hydrogen (secondary N) is 1. The first-order chi connectivity index (χ1) is 12.0. The lowest BCUT2D eigenvalue weighted by Gasteiger charge is -2.18. The lowest BCUT2D eigenvalue weighted by molar-refractivity contribution is 0.144. The molecule has 1 atom stereocenters. The number of aryl methyl sites for hydroxylation is 1. The molecule has 2 rings (SSSR count). The number of methoxy groups -OCH3 is 2. The monoisotopic (exact) mass is 411 g/mol. The SMILES string of the molecule is COCCOc1ccc(C(C)Nc2cnn(C)c(=O)c2Br)cc1OC. The van der Waals surface area contributed by atoms with E-state index in [0.29, 0.717) is 34.9 Å². The van der Waals surface area contributed by atoms with Gasteiger partial charge in [0.05, 0.1) is 25.6 Å². The molecule has 7 nitrogen and oxygen atoms in total. The molecule has 0 aliphatic rings. The first-order valence-electron chi connectivity index (χ1n) is 7.76. The quantitative estimate of drug-likeness (QED) is 0.673. The number of anilines is 1. The molecule has 2 aromatic rings. The Bertz CT molecular complexity index is 779. The van der Waals surface area contributed by atoms with Crippen LogP contribution in [0.25, 0.3) is 0 Å². The van der Waals surface area contributed by atoms with E-state index in [1.54, 1.807) is 27.5 Å². The molecule has 1 aromatic carbocycles. The topological polar surface area (TPSA) is 74.6 Å². The Hall–Kier alpha value is -2.06. The minimum atomic E-state index is -0.198. The third-order valence-corrected chi connectivity index (χ3v) is 4.45. The number of rotatable bonds is 8. The van der Waals surface area contributed by atoms with Gasteiger partial charge in [-0.25, -0.2) is 4.68 Å². The molecule has 0 spiro atoms. The Kier molecular flexibility index (Phi) is 6.83. The van der Waals surface area contributed by atoms with Crippen molar-refractivity contribution in [3.63, 3.8) is 0 Å². The van der Waals surface area contributed by atoms with Gasteiger partial charge in [-0.05, 0) is 40.5 Å². The van der Waals surface area contributed by atoms with Crippen molar-refractivity contribution in [2.45, 2.75) is 13.0 Å². The Balaban J connectivity index is 2.18. The number of halogens is 1. The van der Waals surface area contributed by atoms with E-state index in [2.05, 4.69) is 26.3 Å². The van der Waals surface area contributed by atoms with Gasteiger partial charge in [0.25, 0.3) is 5.56 Å². The molecule has 0 aliphatic heterocycles. The van der Waals surface area contributed by atoms with Gasteiger partial charge in [-0.3, -0.25) is 4.79 Å². The van der Waals surface area contributed by atoms with Crippen molar-refractivity contribution in [1.82, 2.24) is 9.78 Å². The van der Waals surface area contributed by atoms with Crippen LogP contribution in [0.2, 0.25) is 0 Å². The number of hydrogen-bond acceptors (Lipinski definition) is 6. The highest BCUT2D eigenvalue weighted by Crippen LogP contribution is 2.32. The minimum Gasteiger partial charge on any atom is -0.493 e. The summed E-state index contributed by atoms with van der Waals surface area (Å²) in [5.41, 5.74) is 1.43. The Morgan fingerprint density at radius 2 is 2.04 bits per heavy atom. The molecule has 0 saturated heterocycles. The zero-order valence-corrected chi connectivity index (χ0v) is 16.3. The van der Waals surface area contributed by atoms with E-state index in [-0.39, 0.29) is 11.6 Å². The molecule has 0 amide bonds. The summed E-state index contributed by atoms with van der Waals surface area (Å²) in [6.45, 7) is 2.95. The highest BCUT2D eigenvalue weighted by atomic mass is 79.9. The zero-order chi connectivity index (χ0) is 18.4. The summed E-state index contributed by atoms with van der Waals surface area (Å²) >= 11 is 3.31. The van der Waals surface area contributed by atoms with Crippen LogP contribution in [0.4, 0.5) is 5.69 Å². The van der Waals surface area contributed by atoms with E-state index in [4.69, 9.17) is 14.2 Å². The Morgan fingerprint density at radius 3 is 2.72 bits per heavy atom. The highest BCUT2D eigenvalue weighted by Gasteiger charge is 2.14. The third-order valence-electron chi connectivity index (χ3n) is 3.68. The van der Waals surface area contributed by atoms with Crippen LogP contribution in [-0.2, 0) is 11.8 Å². The summed E-state index contributed by atoms with van der Waals surface area (Å²) in [5.74, 6) is 1.30. The molecular weight excluding hydrogens is 390 g/mol. The lowest BCUT2D eigenvalue weighted by Crippen LogP contribution is -2.22. The number of ether oxygens (including phenoxy) is 3. The van der Waals surface area contributed by atoms with Gasteiger partial charge in [0.15, 0.2) is 11.5 Å². The Morgan fingerprint density at radius 1 is 1.28 bits per heavy atom. The van der Waals surface area contributed by atoms with Crippen molar-refractivity contribution in [2.75, 3.05) is 32.8 Å². The number of nitrogens with zero attached hydrogens (tertiary/aromatic N) is 2. The molecule has 1 aromatic heterocycles. The van der Waals surface area contributed by atoms with Crippen molar-refractivity contribution in [1.29, 1.82) is 0 Å². The van der Waals surface area contributed by atoms with Gasteiger partial charge in [-0.15, -0.1) is 0 Å². The van der Waals surface area contributed by atoms with Crippen molar-refractivity contribution in [3.05, 3.63) is 44.8 Å². The summed E-state index contributed by atoms with van der Waals surface area (Å²) < 4.78 is 17.7. The molecule has 25 heavy (non-hydrogen) atoms. The van der Waals surface area contributed by atoms with Crippen molar-refractivity contribution >= 4 is 21.6 Å². The molecule has 0 saturated carbocycles.